The fourth-order valence-corrected chi connectivity index (χ4v) is 2.63. The molecule has 4 heteroatoms. The first-order valence-corrected chi connectivity index (χ1v) is 7.80. The van der Waals surface area contributed by atoms with Gasteiger partial charge in [0, 0.05) is 5.56 Å². The highest BCUT2D eigenvalue weighted by Crippen LogP contribution is 2.30. The molecule has 2 heterocycles. The van der Waals surface area contributed by atoms with Gasteiger partial charge in [-0.3, -0.25) is 0 Å². The fraction of sp³-hybridized carbons (Fsp3) is 0.100. The number of fused-ring (bicyclic) bond motifs is 1. The van der Waals surface area contributed by atoms with E-state index in [-0.39, 0.29) is 0 Å². The summed E-state index contributed by atoms with van der Waals surface area (Å²) in [6.45, 7) is 2.41. The number of pyridine rings is 1. The van der Waals surface area contributed by atoms with Gasteiger partial charge in [0.05, 0.1) is 5.69 Å². The van der Waals surface area contributed by atoms with Crippen LogP contribution in [0.3, 0.4) is 0 Å². The Labute approximate surface area is 139 Å². The molecule has 0 aliphatic rings. The highest BCUT2D eigenvalue weighted by molar-refractivity contribution is 5.79. The SMILES string of the molecule is Cc1noc2ccc(-c3ccccc3OCc3ccccc3)nc12. The summed E-state index contributed by atoms with van der Waals surface area (Å²) in [6.07, 6.45) is 0. The normalized spacial score (nSPS) is 10.9. The van der Waals surface area contributed by atoms with Crippen LogP contribution in [0.1, 0.15) is 11.3 Å². The molecule has 0 saturated carbocycles. The first-order chi connectivity index (χ1) is 11.8. The second-order valence-electron chi connectivity index (χ2n) is 5.58. The van der Waals surface area contributed by atoms with Gasteiger partial charge in [0.1, 0.15) is 23.6 Å². The molecule has 0 aliphatic carbocycles. The average Bonchev–Trinajstić information content (AvgIpc) is 3.02. The van der Waals surface area contributed by atoms with Crippen LogP contribution in [0.5, 0.6) is 5.75 Å². The Kier molecular flexibility index (Phi) is 3.71. The number of aromatic nitrogens is 2. The quantitative estimate of drug-likeness (QED) is 0.544. The minimum Gasteiger partial charge on any atom is -0.488 e. The smallest absolute Gasteiger partial charge is 0.185 e. The average molecular weight is 316 g/mol. The van der Waals surface area contributed by atoms with E-state index in [9.17, 15) is 0 Å². The lowest BCUT2D eigenvalue weighted by Crippen LogP contribution is -1.97. The summed E-state index contributed by atoms with van der Waals surface area (Å²) in [5, 5.41) is 3.96. The summed E-state index contributed by atoms with van der Waals surface area (Å²) in [5.41, 5.74) is 5.19. The van der Waals surface area contributed by atoms with Crippen molar-refractivity contribution in [2.24, 2.45) is 0 Å². The van der Waals surface area contributed by atoms with Crippen LogP contribution in [0, 0.1) is 6.92 Å². The fourth-order valence-electron chi connectivity index (χ4n) is 2.63. The molecule has 0 spiro atoms. The summed E-state index contributed by atoms with van der Waals surface area (Å²) in [5.74, 6) is 0.808. The van der Waals surface area contributed by atoms with E-state index in [1.807, 2.05) is 73.7 Å². The molecule has 0 unspecified atom stereocenters. The first kappa shape index (κ1) is 14.5. The van der Waals surface area contributed by atoms with Crippen molar-refractivity contribution < 1.29 is 9.26 Å². The molecule has 24 heavy (non-hydrogen) atoms. The van der Waals surface area contributed by atoms with Crippen molar-refractivity contribution in [2.45, 2.75) is 13.5 Å². The van der Waals surface area contributed by atoms with E-state index in [0.29, 0.717) is 12.2 Å². The number of rotatable bonds is 4. The third-order valence-electron chi connectivity index (χ3n) is 3.88. The molecule has 0 saturated heterocycles. The van der Waals surface area contributed by atoms with Gasteiger partial charge in [0.25, 0.3) is 0 Å². The maximum atomic E-state index is 6.02. The van der Waals surface area contributed by atoms with Crippen molar-refractivity contribution in [1.82, 2.24) is 10.1 Å². The molecule has 4 aromatic rings. The van der Waals surface area contributed by atoms with Crippen LogP contribution in [0.2, 0.25) is 0 Å². The van der Waals surface area contributed by atoms with Crippen molar-refractivity contribution in [3.8, 4) is 17.0 Å². The predicted molar refractivity (Wildman–Crippen MR) is 92.8 cm³/mol. The molecule has 4 rings (SSSR count). The zero-order chi connectivity index (χ0) is 16.4. The second-order valence-corrected chi connectivity index (χ2v) is 5.58. The van der Waals surface area contributed by atoms with Gasteiger partial charge in [-0.2, -0.15) is 0 Å². The van der Waals surface area contributed by atoms with Crippen LogP contribution in [0.4, 0.5) is 0 Å². The number of para-hydroxylation sites is 1. The summed E-state index contributed by atoms with van der Waals surface area (Å²) < 4.78 is 11.3. The van der Waals surface area contributed by atoms with Gasteiger partial charge in [0.15, 0.2) is 5.58 Å². The van der Waals surface area contributed by atoms with E-state index in [1.165, 1.54) is 0 Å². The highest BCUT2D eigenvalue weighted by atomic mass is 16.5. The van der Waals surface area contributed by atoms with Crippen LogP contribution in [-0.4, -0.2) is 10.1 Å². The number of hydrogen-bond acceptors (Lipinski definition) is 4. The van der Waals surface area contributed by atoms with Crippen LogP contribution in [0.15, 0.2) is 71.3 Å². The molecule has 0 fully saturated rings. The van der Waals surface area contributed by atoms with Crippen LogP contribution in [-0.2, 0) is 6.61 Å². The lowest BCUT2D eigenvalue weighted by atomic mass is 10.1. The summed E-state index contributed by atoms with van der Waals surface area (Å²) >= 11 is 0. The Morgan fingerprint density at radius 2 is 1.71 bits per heavy atom. The number of ether oxygens (including phenoxy) is 1. The monoisotopic (exact) mass is 316 g/mol. The van der Waals surface area contributed by atoms with Crippen molar-refractivity contribution in [1.29, 1.82) is 0 Å². The maximum absolute atomic E-state index is 6.02. The zero-order valence-corrected chi connectivity index (χ0v) is 13.3. The second kappa shape index (κ2) is 6.16. The van der Waals surface area contributed by atoms with Crippen molar-refractivity contribution in [3.05, 3.63) is 78.0 Å². The van der Waals surface area contributed by atoms with E-state index in [2.05, 4.69) is 10.1 Å². The van der Waals surface area contributed by atoms with Gasteiger partial charge in [0.2, 0.25) is 0 Å². The molecular formula is C20H16N2O2. The molecule has 0 radical (unpaired) electrons. The molecule has 2 aromatic carbocycles. The lowest BCUT2D eigenvalue weighted by molar-refractivity contribution is 0.307. The summed E-state index contributed by atoms with van der Waals surface area (Å²) in [4.78, 5) is 4.68. The molecular weight excluding hydrogens is 300 g/mol. The maximum Gasteiger partial charge on any atom is 0.185 e. The minimum atomic E-state index is 0.520. The first-order valence-electron chi connectivity index (χ1n) is 7.80. The molecule has 0 bridgehead atoms. The van der Waals surface area contributed by atoms with Gasteiger partial charge in [-0.25, -0.2) is 4.98 Å². The van der Waals surface area contributed by atoms with E-state index in [1.54, 1.807) is 0 Å². The number of nitrogens with zero attached hydrogens (tertiary/aromatic N) is 2. The zero-order valence-electron chi connectivity index (χ0n) is 13.3. The summed E-state index contributed by atoms with van der Waals surface area (Å²) in [7, 11) is 0. The molecule has 0 atom stereocenters. The third kappa shape index (κ3) is 2.74. The third-order valence-corrected chi connectivity index (χ3v) is 3.88. The standard InChI is InChI=1S/C20H16N2O2/c1-14-20-19(24-22-14)12-11-17(21-20)16-9-5-6-10-18(16)23-13-15-7-3-2-4-8-15/h2-12H,13H2,1H3. The Bertz CT molecular complexity index is 977. The van der Waals surface area contributed by atoms with Gasteiger partial charge >= 0.3 is 0 Å². The van der Waals surface area contributed by atoms with Crippen molar-refractivity contribution >= 4 is 11.1 Å². The lowest BCUT2D eigenvalue weighted by Gasteiger charge is -2.11. The molecule has 118 valence electrons. The van der Waals surface area contributed by atoms with Crippen LogP contribution < -0.4 is 4.74 Å². The van der Waals surface area contributed by atoms with Crippen LogP contribution >= 0.6 is 0 Å². The molecule has 0 aliphatic heterocycles. The van der Waals surface area contributed by atoms with Gasteiger partial charge in [-0.05, 0) is 36.8 Å². The Balaban J connectivity index is 1.68. The summed E-state index contributed by atoms with van der Waals surface area (Å²) in [6, 6.07) is 21.9. The minimum absolute atomic E-state index is 0.520. The van der Waals surface area contributed by atoms with Crippen molar-refractivity contribution in [2.75, 3.05) is 0 Å². The highest BCUT2D eigenvalue weighted by Gasteiger charge is 2.11. The Hall–Kier alpha value is -3.14. The largest absolute Gasteiger partial charge is 0.488 e. The molecule has 2 aromatic heterocycles. The molecule has 0 N–H and O–H groups in total. The topological polar surface area (TPSA) is 48.2 Å². The number of hydrogen-bond donors (Lipinski definition) is 0. The Morgan fingerprint density at radius 3 is 2.58 bits per heavy atom. The van der Waals surface area contributed by atoms with Crippen molar-refractivity contribution in [3.63, 3.8) is 0 Å². The molecule has 0 amide bonds. The predicted octanol–water partition coefficient (Wildman–Crippen LogP) is 4.78. The number of aryl methyl sites for hydroxylation is 1. The van der Waals surface area contributed by atoms with Crippen LogP contribution in [0.25, 0.3) is 22.4 Å². The van der Waals surface area contributed by atoms with E-state index >= 15 is 0 Å². The number of benzene rings is 2. The van der Waals surface area contributed by atoms with Gasteiger partial charge in [-0.1, -0.05) is 47.6 Å². The van der Waals surface area contributed by atoms with E-state index in [0.717, 1.165) is 33.8 Å². The Morgan fingerprint density at radius 1 is 0.917 bits per heavy atom. The van der Waals surface area contributed by atoms with Gasteiger partial charge < -0.3 is 9.26 Å². The van der Waals surface area contributed by atoms with E-state index in [4.69, 9.17) is 9.26 Å². The van der Waals surface area contributed by atoms with E-state index < -0.39 is 0 Å². The van der Waals surface area contributed by atoms with Gasteiger partial charge in [-0.15, -0.1) is 0 Å². The molecule has 4 nitrogen and oxygen atoms in total.